The quantitative estimate of drug-likeness (QED) is 0.323. The predicted molar refractivity (Wildman–Crippen MR) is 153 cm³/mol. The number of anilines is 1. The first kappa shape index (κ1) is 26.2. The zero-order valence-electron chi connectivity index (χ0n) is 22.6. The minimum absolute atomic E-state index is 0.00712. The molecule has 2 amide bonds. The molecule has 1 aliphatic heterocycles. The van der Waals surface area contributed by atoms with Crippen molar-refractivity contribution in [3.8, 4) is 11.1 Å². The van der Waals surface area contributed by atoms with E-state index in [0.717, 1.165) is 34.0 Å². The third kappa shape index (κ3) is 4.57. The van der Waals surface area contributed by atoms with Crippen LogP contribution in [-0.2, 0) is 16.1 Å². The van der Waals surface area contributed by atoms with Gasteiger partial charge < -0.3 is 14.8 Å². The van der Waals surface area contributed by atoms with Crippen LogP contribution in [0.25, 0.3) is 22.0 Å². The van der Waals surface area contributed by atoms with E-state index in [1.54, 1.807) is 23.5 Å². The van der Waals surface area contributed by atoms with Gasteiger partial charge in [-0.2, -0.15) is 0 Å². The smallest absolute Gasteiger partial charge is 0.248 e. The lowest BCUT2D eigenvalue weighted by Crippen LogP contribution is -2.46. The molecule has 11 heteroatoms. The summed E-state index contributed by atoms with van der Waals surface area (Å²) in [4.78, 5) is 58.5. The number of halogens is 1. The summed E-state index contributed by atoms with van der Waals surface area (Å²) in [6, 6.07) is 3.37. The Bertz CT molecular complexity index is 1700. The van der Waals surface area contributed by atoms with E-state index in [9.17, 15) is 14.4 Å². The van der Waals surface area contributed by atoms with Gasteiger partial charge in [0.1, 0.15) is 23.0 Å². The van der Waals surface area contributed by atoms with Crippen LogP contribution in [0.4, 0.5) is 5.82 Å². The summed E-state index contributed by atoms with van der Waals surface area (Å²) in [5.41, 5.74) is 3.96. The molecule has 10 nitrogen and oxygen atoms in total. The molecule has 4 aromatic rings. The Kier molecular flexibility index (Phi) is 6.29. The van der Waals surface area contributed by atoms with Gasteiger partial charge >= 0.3 is 0 Å². The normalized spacial score (nSPS) is 21.4. The molecule has 0 unspecified atom stereocenters. The van der Waals surface area contributed by atoms with Crippen LogP contribution in [0.5, 0.6) is 0 Å². The van der Waals surface area contributed by atoms with Gasteiger partial charge in [0.25, 0.3) is 0 Å². The Morgan fingerprint density at radius 2 is 1.82 bits per heavy atom. The lowest BCUT2D eigenvalue weighted by molar-refractivity contribution is -0.138. The maximum atomic E-state index is 13.9. The van der Waals surface area contributed by atoms with Gasteiger partial charge in [-0.05, 0) is 78.2 Å². The molecule has 3 aromatic heterocycles. The van der Waals surface area contributed by atoms with E-state index in [4.69, 9.17) is 0 Å². The molecule has 1 saturated heterocycles. The molecule has 2 fully saturated rings. The second-order valence-electron chi connectivity index (χ2n) is 11.0. The van der Waals surface area contributed by atoms with E-state index in [2.05, 4.69) is 48.1 Å². The molecule has 1 saturated carbocycles. The number of piperidine rings is 1. The summed E-state index contributed by atoms with van der Waals surface area (Å²) < 4.78 is 2.35. The summed E-state index contributed by atoms with van der Waals surface area (Å²) in [6.07, 6.45) is 9.74. The lowest BCUT2D eigenvalue weighted by atomic mass is 10.0. The van der Waals surface area contributed by atoms with Gasteiger partial charge in [-0.25, -0.2) is 15.0 Å². The summed E-state index contributed by atoms with van der Waals surface area (Å²) in [6.45, 7) is 7.46. The van der Waals surface area contributed by atoms with Gasteiger partial charge in [-0.15, -0.1) is 0 Å². The topological polar surface area (TPSA) is 123 Å². The Balaban J connectivity index is 1.32. The SMILES string of the molecule is CC(=O)c1cn(CC(=O)N2[C@H](C(=O)Nc3cncc(Br)n3)C[C@@]3(C)C[C@@H]23)c2c(C)cc(-c3cnc(C)nc3)cc12. The summed E-state index contributed by atoms with van der Waals surface area (Å²) in [7, 11) is 0. The van der Waals surface area contributed by atoms with Gasteiger partial charge in [0.05, 0.1) is 17.9 Å². The standard InChI is InChI=1S/C29H28BrN7O3/c1-15-5-18(19-9-32-17(3)33-10-19)6-20-21(16(2)38)13-36(27(15)20)14-26(39)37-22(7-29(4)8-23(29)37)28(40)35-25-12-31-11-24(30)34-25/h5-6,9-13,22-23H,7-8,14H2,1-4H3,(H,34,35,40)/t22-,23+,29-/m0/s1. The first-order valence-corrected chi connectivity index (χ1v) is 13.9. The fraction of sp³-hybridized carbons (Fsp3) is 0.345. The van der Waals surface area contributed by atoms with Crippen molar-refractivity contribution in [2.75, 3.05) is 5.32 Å². The largest absolute Gasteiger partial charge is 0.337 e. The number of ketones is 1. The van der Waals surface area contributed by atoms with Crippen molar-refractivity contribution in [2.24, 2.45) is 5.41 Å². The number of carbonyl (C=O) groups is 3. The number of hydrogen-bond acceptors (Lipinski definition) is 7. The molecule has 204 valence electrons. The highest BCUT2D eigenvalue weighted by molar-refractivity contribution is 9.10. The molecule has 0 bridgehead atoms. The van der Waals surface area contributed by atoms with E-state index in [0.29, 0.717) is 28.2 Å². The Morgan fingerprint density at radius 3 is 2.52 bits per heavy atom. The minimum Gasteiger partial charge on any atom is -0.337 e. The van der Waals surface area contributed by atoms with E-state index in [1.165, 1.54) is 19.3 Å². The van der Waals surface area contributed by atoms with Crippen LogP contribution in [0.1, 0.15) is 48.4 Å². The molecule has 1 N–H and O–H groups in total. The number of hydrogen-bond donors (Lipinski definition) is 1. The predicted octanol–water partition coefficient (Wildman–Crippen LogP) is 4.49. The summed E-state index contributed by atoms with van der Waals surface area (Å²) in [5, 5.41) is 3.59. The molecule has 0 radical (unpaired) electrons. The molecule has 6 rings (SSSR count). The van der Waals surface area contributed by atoms with E-state index < -0.39 is 6.04 Å². The fourth-order valence-electron chi connectivity index (χ4n) is 5.97. The second-order valence-corrected chi connectivity index (χ2v) is 11.9. The van der Waals surface area contributed by atoms with Crippen LogP contribution in [0.3, 0.4) is 0 Å². The summed E-state index contributed by atoms with van der Waals surface area (Å²) >= 11 is 3.27. The number of nitrogens with zero attached hydrogens (tertiary/aromatic N) is 6. The number of Topliss-reactive ketones (excluding diaryl/α,β-unsaturated/α-hetero) is 1. The van der Waals surface area contributed by atoms with Crippen molar-refractivity contribution < 1.29 is 14.4 Å². The average Bonchev–Trinajstić information content (AvgIpc) is 3.25. The fourth-order valence-corrected chi connectivity index (χ4v) is 6.28. The number of amides is 2. The second kappa shape index (κ2) is 9.58. The lowest BCUT2D eigenvalue weighted by Gasteiger charge is -2.27. The van der Waals surface area contributed by atoms with Crippen LogP contribution < -0.4 is 5.32 Å². The van der Waals surface area contributed by atoms with Crippen LogP contribution in [-0.4, -0.2) is 59.1 Å². The van der Waals surface area contributed by atoms with Crippen molar-refractivity contribution in [1.29, 1.82) is 0 Å². The molecular formula is C29H28BrN7O3. The van der Waals surface area contributed by atoms with Crippen molar-refractivity contribution >= 4 is 50.2 Å². The maximum Gasteiger partial charge on any atom is 0.248 e. The first-order valence-electron chi connectivity index (χ1n) is 13.1. The molecule has 1 aliphatic carbocycles. The van der Waals surface area contributed by atoms with Crippen LogP contribution >= 0.6 is 15.9 Å². The van der Waals surface area contributed by atoms with Gasteiger partial charge in [-0.3, -0.25) is 19.4 Å². The van der Waals surface area contributed by atoms with E-state index in [1.807, 2.05) is 30.5 Å². The minimum atomic E-state index is -0.611. The van der Waals surface area contributed by atoms with Crippen molar-refractivity contribution in [2.45, 2.75) is 59.2 Å². The molecule has 3 atom stereocenters. The highest BCUT2D eigenvalue weighted by Crippen LogP contribution is 2.59. The molecule has 2 aliphatic rings. The highest BCUT2D eigenvalue weighted by atomic mass is 79.9. The average molecular weight is 602 g/mol. The molecule has 1 aromatic carbocycles. The van der Waals surface area contributed by atoms with Gasteiger partial charge in [0, 0.05) is 41.1 Å². The number of likely N-dealkylation sites (tertiary alicyclic amines) is 1. The Labute approximate surface area is 239 Å². The Morgan fingerprint density at radius 1 is 1.07 bits per heavy atom. The van der Waals surface area contributed by atoms with Crippen molar-refractivity contribution in [1.82, 2.24) is 29.4 Å². The monoisotopic (exact) mass is 601 g/mol. The Hall–Kier alpha value is -3.99. The number of fused-ring (bicyclic) bond motifs is 2. The zero-order valence-corrected chi connectivity index (χ0v) is 24.2. The number of aryl methyl sites for hydroxylation is 2. The van der Waals surface area contributed by atoms with Crippen molar-refractivity contribution in [3.63, 3.8) is 0 Å². The highest BCUT2D eigenvalue weighted by Gasteiger charge is 2.64. The molecular weight excluding hydrogens is 574 g/mol. The number of carbonyl (C=O) groups excluding carboxylic acids is 3. The van der Waals surface area contributed by atoms with Crippen LogP contribution in [0, 0.1) is 19.3 Å². The third-order valence-electron chi connectivity index (χ3n) is 8.04. The van der Waals surface area contributed by atoms with E-state index in [-0.39, 0.29) is 35.6 Å². The molecule has 0 spiro atoms. The molecule has 40 heavy (non-hydrogen) atoms. The first-order chi connectivity index (χ1) is 19.0. The number of aromatic nitrogens is 5. The van der Waals surface area contributed by atoms with Gasteiger partial charge in [0.2, 0.25) is 11.8 Å². The van der Waals surface area contributed by atoms with Crippen LogP contribution in [0.15, 0.2) is 47.7 Å². The summed E-state index contributed by atoms with van der Waals surface area (Å²) in [5.74, 6) is 0.480. The van der Waals surface area contributed by atoms with Gasteiger partial charge in [0.15, 0.2) is 11.6 Å². The van der Waals surface area contributed by atoms with Crippen LogP contribution in [0.2, 0.25) is 0 Å². The maximum absolute atomic E-state index is 13.9. The number of benzene rings is 1. The van der Waals surface area contributed by atoms with E-state index >= 15 is 0 Å². The number of nitrogens with one attached hydrogen (secondary N) is 1. The van der Waals surface area contributed by atoms with Gasteiger partial charge in [-0.1, -0.05) is 6.92 Å². The number of rotatable bonds is 6. The third-order valence-corrected chi connectivity index (χ3v) is 8.43. The zero-order chi connectivity index (χ0) is 28.3. The van der Waals surface area contributed by atoms with Crippen molar-refractivity contribution in [3.05, 3.63) is 64.7 Å². The molecule has 4 heterocycles.